The molecule has 0 unspecified atom stereocenters. The Labute approximate surface area is 131 Å². The van der Waals surface area contributed by atoms with Crippen LogP contribution in [0.3, 0.4) is 0 Å². The molecular formula is C16H13NO4S. The van der Waals surface area contributed by atoms with Gasteiger partial charge in [-0.1, -0.05) is 18.2 Å². The Morgan fingerprint density at radius 1 is 1.18 bits per heavy atom. The zero-order valence-corrected chi connectivity index (χ0v) is 12.5. The molecule has 0 fully saturated rings. The third kappa shape index (κ3) is 4.39. The van der Waals surface area contributed by atoms with Gasteiger partial charge in [-0.05, 0) is 29.8 Å². The summed E-state index contributed by atoms with van der Waals surface area (Å²) < 4.78 is 4.63. The molecule has 0 aliphatic rings. The fourth-order valence-corrected chi connectivity index (χ4v) is 2.35. The zero-order valence-electron chi connectivity index (χ0n) is 11.7. The van der Waals surface area contributed by atoms with Crippen LogP contribution < -0.4 is 0 Å². The van der Waals surface area contributed by atoms with Gasteiger partial charge in [0.1, 0.15) is 5.01 Å². The van der Waals surface area contributed by atoms with Crippen LogP contribution in [0.4, 0.5) is 0 Å². The first-order chi connectivity index (χ1) is 10.6. The smallest absolute Gasteiger partial charge is 0.337 e. The standard InChI is InChI=1S/C16H13NO4S/c1-21-16(20)12-5-2-11(3-6-12)4-8-14-17-10-13(22-14)7-9-15(18)19/h2-10H,1H3,(H,18,19)/b8-4+,9-7+. The number of carboxylic acids is 1. The van der Waals surface area contributed by atoms with Crippen LogP contribution in [0.1, 0.15) is 25.8 Å². The summed E-state index contributed by atoms with van der Waals surface area (Å²) in [5, 5.41) is 9.33. The second-order valence-corrected chi connectivity index (χ2v) is 5.31. The minimum atomic E-state index is -0.990. The highest BCUT2D eigenvalue weighted by atomic mass is 32.1. The van der Waals surface area contributed by atoms with E-state index in [0.29, 0.717) is 5.56 Å². The number of aliphatic carboxylic acids is 1. The number of hydrogen-bond acceptors (Lipinski definition) is 5. The van der Waals surface area contributed by atoms with E-state index in [-0.39, 0.29) is 5.97 Å². The predicted molar refractivity (Wildman–Crippen MR) is 85.5 cm³/mol. The number of carboxylic acid groups (broad SMARTS) is 1. The molecule has 0 radical (unpaired) electrons. The van der Waals surface area contributed by atoms with Gasteiger partial charge in [0.25, 0.3) is 0 Å². The van der Waals surface area contributed by atoms with Gasteiger partial charge in [0.15, 0.2) is 0 Å². The lowest BCUT2D eigenvalue weighted by Crippen LogP contribution is -2.00. The maximum atomic E-state index is 11.3. The molecule has 2 aromatic rings. The highest BCUT2D eigenvalue weighted by molar-refractivity contribution is 7.13. The van der Waals surface area contributed by atoms with Crippen LogP contribution in [-0.2, 0) is 9.53 Å². The number of thiazole rings is 1. The van der Waals surface area contributed by atoms with Crippen molar-refractivity contribution >= 4 is 41.5 Å². The summed E-state index contributed by atoms with van der Waals surface area (Å²) in [6.07, 6.45) is 7.89. The van der Waals surface area contributed by atoms with Crippen molar-refractivity contribution in [2.24, 2.45) is 0 Å². The summed E-state index contributed by atoms with van der Waals surface area (Å²) in [5.41, 5.74) is 1.42. The van der Waals surface area contributed by atoms with Crippen LogP contribution in [0.5, 0.6) is 0 Å². The van der Waals surface area contributed by atoms with Crippen LogP contribution in [0.2, 0.25) is 0 Å². The van der Waals surface area contributed by atoms with Gasteiger partial charge in [0, 0.05) is 17.2 Å². The Kier molecular flexibility index (Phi) is 5.21. The fraction of sp³-hybridized carbons (Fsp3) is 0.0625. The van der Waals surface area contributed by atoms with E-state index < -0.39 is 5.97 Å². The number of esters is 1. The van der Waals surface area contributed by atoms with Crippen molar-refractivity contribution in [3.05, 3.63) is 57.6 Å². The van der Waals surface area contributed by atoms with E-state index in [1.165, 1.54) is 24.5 Å². The quantitative estimate of drug-likeness (QED) is 0.677. The maximum Gasteiger partial charge on any atom is 0.337 e. The normalized spacial score (nSPS) is 11.1. The lowest BCUT2D eigenvalue weighted by molar-refractivity contribution is -0.131. The van der Waals surface area contributed by atoms with Gasteiger partial charge < -0.3 is 9.84 Å². The summed E-state index contributed by atoms with van der Waals surface area (Å²) >= 11 is 1.38. The van der Waals surface area contributed by atoms with Crippen LogP contribution >= 0.6 is 11.3 Å². The van der Waals surface area contributed by atoms with Crippen molar-refractivity contribution < 1.29 is 19.4 Å². The molecule has 0 saturated carbocycles. The number of rotatable bonds is 5. The topological polar surface area (TPSA) is 76.5 Å². The van der Waals surface area contributed by atoms with E-state index in [2.05, 4.69) is 9.72 Å². The van der Waals surface area contributed by atoms with Crippen molar-refractivity contribution in [2.75, 3.05) is 7.11 Å². The lowest BCUT2D eigenvalue weighted by atomic mass is 10.1. The molecule has 5 nitrogen and oxygen atoms in total. The number of benzene rings is 1. The average Bonchev–Trinajstić information content (AvgIpc) is 2.98. The number of carbonyl (C=O) groups is 2. The Balaban J connectivity index is 2.05. The summed E-state index contributed by atoms with van der Waals surface area (Å²) in [5.74, 6) is -1.36. The van der Waals surface area contributed by atoms with Crippen molar-refractivity contribution in [3.63, 3.8) is 0 Å². The largest absolute Gasteiger partial charge is 0.478 e. The number of aromatic nitrogens is 1. The summed E-state index contributed by atoms with van der Waals surface area (Å²) in [6.45, 7) is 0. The number of nitrogens with zero attached hydrogens (tertiary/aromatic N) is 1. The molecule has 0 atom stereocenters. The SMILES string of the molecule is COC(=O)c1ccc(/C=C/c2ncc(/C=C/C(=O)O)s2)cc1. The molecule has 0 aliphatic heterocycles. The minimum Gasteiger partial charge on any atom is -0.478 e. The monoisotopic (exact) mass is 315 g/mol. The Morgan fingerprint density at radius 3 is 2.55 bits per heavy atom. The Morgan fingerprint density at radius 2 is 1.91 bits per heavy atom. The molecule has 112 valence electrons. The predicted octanol–water partition coefficient (Wildman–Crippen LogP) is 3.20. The molecule has 1 N–H and O–H groups in total. The third-order valence-corrected chi connectivity index (χ3v) is 3.61. The van der Waals surface area contributed by atoms with Crippen LogP contribution in [-0.4, -0.2) is 29.1 Å². The molecule has 0 aliphatic carbocycles. The summed E-state index contributed by atoms with van der Waals surface area (Å²) in [4.78, 5) is 26.7. The zero-order chi connectivity index (χ0) is 15.9. The van der Waals surface area contributed by atoms with E-state index in [1.54, 1.807) is 18.3 Å². The molecule has 0 bridgehead atoms. The van der Waals surface area contributed by atoms with E-state index in [9.17, 15) is 9.59 Å². The molecular weight excluding hydrogens is 302 g/mol. The molecule has 1 aromatic heterocycles. The first kappa shape index (κ1) is 15.7. The number of carbonyl (C=O) groups excluding carboxylic acids is 1. The van der Waals surface area contributed by atoms with Crippen molar-refractivity contribution in [1.29, 1.82) is 0 Å². The first-order valence-corrected chi connectivity index (χ1v) is 7.13. The van der Waals surface area contributed by atoms with E-state index in [1.807, 2.05) is 24.3 Å². The molecule has 0 amide bonds. The van der Waals surface area contributed by atoms with Crippen LogP contribution in [0, 0.1) is 0 Å². The third-order valence-electron chi connectivity index (χ3n) is 2.68. The van der Waals surface area contributed by atoms with Gasteiger partial charge >= 0.3 is 11.9 Å². The fourth-order valence-electron chi connectivity index (χ4n) is 1.62. The average molecular weight is 315 g/mol. The maximum absolute atomic E-state index is 11.3. The van der Waals surface area contributed by atoms with Crippen LogP contribution in [0.25, 0.3) is 18.2 Å². The van der Waals surface area contributed by atoms with Crippen molar-refractivity contribution in [3.8, 4) is 0 Å². The lowest BCUT2D eigenvalue weighted by Gasteiger charge is -1.98. The van der Waals surface area contributed by atoms with Gasteiger partial charge in [-0.2, -0.15) is 0 Å². The second-order valence-electron chi connectivity index (χ2n) is 4.22. The second kappa shape index (κ2) is 7.33. The summed E-state index contributed by atoms with van der Waals surface area (Å²) in [7, 11) is 1.34. The number of hydrogen-bond donors (Lipinski definition) is 1. The first-order valence-electron chi connectivity index (χ1n) is 6.32. The molecule has 6 heteroatoms. The molecule has 1 heterocycles. The molecule has 0 spiro atoms. The molecule has 0 saturated heterocycles. The van der Waals surface area contributed by atoms with E-state index in [4.69, 9.17) is 5.11 Å². The number of methoxy groups -OCH3 is 1. The Bertz CT molecular complexity index is 729. The van der Waals surface area contributed by atoms with E-state index >= 15 is 0 Å². The number of ether oxygens (including phenoxy) is 1. The van der Waals surface area contributed by atoms with Gasteiger partial charge in [-0.3, -0.25) is 0 Å². The van der Waals surface area contributed by atoms with Gasteiger partial charge in [-0.15, -0.1) is 11.3 Å². The molecule has 1 aromatic carbocycles. The Hall–Kier alpha value is -2.73. The van der Waals surface area contributed by atoms with Crippen LogP contribution in [0.15, 0.2) is 36.5 Å². The minimum absolute atomic E-state index is 0.370. The van der Waals surface area contributed by atoms with Crippen molar-refractivity contribution in [1.82, 2.24) is 4.98 Å². The molecule has 2 rings (SSSR count). The summed E-state index contributed by atoms with van der Waals surface area (Å²) in [6, 6.07) is 6.99. The van der Waals surface area contributed by atoms with E-state index in [0.717, 1.165) is 21.5 Å². The van der Waals surface area contributed by atoms with Crippen molar-refractivity contribution in [2.45, 2.75) is 0 Å². The van der Waals surface area contributed by atoms with Gasteiger partial charge in [0.2, 0.25) is 0 Å². The molecule has 22 heavy (non-hydrogen) atoms. The van der Waals surface area contributed by atoms with Gasteiger partial charge in [-0.25, -0.2) is 14.6 Å². The van der Waals surface area contributed by atoms with Gasteiger partial charge in [0.05, 0.1) is 12.7 Å². The highest BCUT2D eigenvalue weighted by Crippen LogP contribution is 2.17. The highest BCUT2D eigenvalue weighted by Gasteiger charge is 2.03.